The van der Waals surface area contributed by atoms with Crippen LogP contribution in [0.25, 0.3) is 0 Å². The highest BCUT2D eigenvalue weighted by atomic mass is 16.7. The van der Waals surface area contributed by atoms with Crippen LogP contribution in [0.15, 0.2) is 42.6 Å². The van der Waals surface area contributed by atoms with Crippen molar-refractivity contribution in [3.8, 4) is 11.5 Å². The van der Waals surface area contributed by atoms with E-state index in [1.807, 2.05) is 18.3 Å². The molecule has 3 aliphatic heterocycles. The second-order valence-corrected chi connectivity index (χ2v) is 7.86. The van der Waals surface area contributed by atoms with Crippen LogP contribution in [0.5, 0.6) is 11.5 Å². The standard InChI is InChI=1S/C21H25N3O2/c1-2-9-22-20(4-1)24-10-3-7-21(15-24)8-11-23(14-21)13-17-5-6-18-19(12-17)26-16-25-18/h1-2,4-6,9,12H,3,7-8,10-11,13-16H2/t21-/m0/s1. The number of pyridine rings is 1. The molecule has 1 aromatic heterocycles. The Hall–Kier alpha value is -2.27. The molecule has 5 rings (SSSR count). The number of hydrogen-bond acceptors (Lipinski definition) is 5. The summed E-state index contributed by atoms with van der Waals surface area (Å²) in [4.78, 5) is 9.64. The van der Waals surface area contributed by atoms with Gasteiger partial charge in [0.05, 0.1) is 0 Å². The summed E-state index contributed by atoms with van der Waals surface area (Å²) in [6.07, 6.45) is 5.76. The second kappa shape index (κ2) is 6.47. The molecule has 5 heteroatoms. The number of likely N-dealkylation sites (tertiary alicyclic amines) is 1. The van der Waals surface area contributed by atoms with Crippen molar-refractivity contribution in [1.82, 2.24) is 9.88 Å². The summed E-state index contributed by atoms with van der Waals surface area (Å²) in [6, 6.07) is 12.6. The minimum absolute atomic E-state index is 0.342. The summed E-state index contributed by atoms with van der Waals surface area (Å²) in [6.45, 7) is 5.93. The van der Waals surface area contributed by atoms with Gasteiger partial charge in [-0.1, -0.05) is 12.1 Å². The zero-order chi connectivity index (χ0) is 17.4. The summed E-state index contributed by atoms with van der Waals surface area (Å²) in [5.41, 5.74) is 1.72. The van der Waals surface area contributed by atoms with Crippen molar-refractivity contribution >= 4 is 5.82 Å². The number of nitrogens with zero attached hydrogens (tertiary/aromatic N) is 3. The first kappa shape index (κ1) is 15.9. The first-order valence-electron chi connectivity index (χ1n) is 9.57. The molecule has 0 amide bonds. The van der Waals surface area contributed by atoms with Crippen molar-refractivity contribution in [3.63, 3.8) is 0 Å². The third kappa shape index (κ3) is 3.01. The Balaban J connectivity index is 1.26. The molecule has 0 N–H and O–H groups in total. The van der Waals surface area contributed by atoms with E-state index in [4.69, 9.17) is 9.47 Å². The van der Waals surface area contributed by atoms with Crippen LogP contribution in [0.2, 0.25) is 0 Å². The Morgan fingerprint density at radius 1 is 1.00 bits per heavy atom. The van der Waals surface area contributed by atoms with Gasteiger partial charge in [-0.2, -0.15) is 0 Å². The Kier molecular flexibility index (Phi) is 3.97. The molecular formula is C21H25N3O2. The van der Waals surface area contributed by atoms with Crippen LogP contribution in [0, 0.1) is 5.41 Å². The third-order valence-electron chi connectivity index (χ3n) is 6.00. The second-order valence-electron chi connectivity index (χ2n) is 7.86. The van der Waals surface area contributed by atoms with Crippen LogP contribution in [-0.2, 0) is 6.54 Å². The van der Waals surface area contributed by atoms with Gasteiger partial charge in [-0.3, -0.25) is 4.90 Å². The fourth-order valence-corrected chi connectivity index (χ4v) is 4.74. The van der Waals surface area contributed by atoms with Gasteiger partial charge in [-0.15, -0.1) is 0 Å². The van der Waals surface area contributed by atoms with Gasteiger partial charge < -0.3 is 14.4 Å². The highest BCUT2D eigenvalue weighted by molar-refractivity contribution is 5.44. The third-order valence-corrected chi connectivity index (χ3v) is 6.00. The lowest BCUT2D eigenvalue weighted by molar-refractivity contribution is 0.174. The number of ether oxygens (including phenoxy) is 2. The van der Waals surface area contributed by atoms with E-state index in [1.165, 1.54) is 37.9 Å². The smallest absolute Gasteiger partial charge is 0.231 e. The van der Waals surface area contributed by atoms with Crippen LogP contribution in [0.4, 0.5) is 5.82 Å². The SMILES string of the molecule is c1ccc(N2CCC[C@@]3(CCN(Cc4ccc5c(c4)OCO5)C3)C2)nc1. The highest BCUT2D eigenvalue weighted by Crippen LogP contribution is 2.41. The van der Waals surface area contributed by atoms with Gasteiger partial charge in [0.25, 0.3) is 0 Å². The van der Waals surface area contributed by atoms with E-state index in [2.05, 4.69) is 39.0 Å². The predicted octanol–water partition coefficient (Wildman–Crippen LogP) is 3.30. The van der Waals surface area contributed by atoms with Crippen LogP contribution in [0.3, 0.4) is 0 Å². The number of hydrogen-bond donors (Lipinski definition) is 0. The molecule has 26 heavy (non-hydrogen) atoms. The summed E-state index contributed by atoms with van der Waals surface area (Å²) >= 11 is 0. The Labute approximate surface area is 154 Å². The van der Waals surface area contributed by atoms with E-state index in [1.54, 1.807) is 0 Å². The quantitative estimate of drug-likeness (QED) is 0.848. The average molecular weight is 351 g/mol. The van der Waals surface area contributed by atoms with E-state index in [9.17, 15) is 0 Å². The Bertz CT molecular complexity index is 782. The fourth-order valence-electron chi connectivity index (χ4n) is 4.74. The normalized spacial score (nSPS) is 25.2. The maximum atomic E-state index is 5.52. The summed E-state index contributed by atoms with van der Waals surface area (Å²) < 4.78 is 10.9. The number of rotatable bonds is 3. The molecule has 0 aliphatic carbocycles. The van der Waals surface area contributed by atoms with Crippen LogP contribution in [-0.4, -0.2) is 42.9 Å². The minimum Gasteiger partial charge on any atom is -0.454 e. The molecule has 0 bridgehead atoms. The lowest BCUT2D eigenvalue weighted by Gasteiger charge is -2.41. The summed E-state index contributed by atoms with van der Waals surface area (Å²) in [7, 11) is 0. The molecule has 3 aliphatic rings. The van der Waals surface area contributed by atoms with Crippen LogP contribution < -0.4 is 14.4 Å². The van der Waals surface area contributed by atoms with Crippen LogP contribution in [0.1, 0.15) is 24.8 Å². The molecule has 1 spiro atoms. The molecule has 0 unspecified atom stereocenters. The van der Waals surface area contributed by atoms with Gasteiger partial charge in [0.2, 0.25) is 6.79 Å². The van der Waals surface area contributed by atoms with Gasteiger partial charge in [-0.25, -0.2) is 4.98 Å². The van der Waals surface area contributed by atoms with Crippen molar-refractivity contribution in [1.29, 1.82) is 0 Å². The Morgan fingerprint density at radius 2 is 1.96 bits per heavy atom. The number of aromatic nitrogens is 1. The first-order chi connectivity index (χ1) is 12.8. The molecule has 2 aromatic rings. The molecule has 1 atom stereocenters. The van der Waals surface area contributed by atoms with Crippen molar-refractivity contribution in [2.24, 2.45) is 5.41 Å². The van der Waals surface area contributed by atoms with E-state index in [-0.39, 0.29) is 0 Å². The number of piperidine rings is 1. The number of benzene rings is 1. The van der Waals surface area contributed by atoms with E-state index < -0.39 is 0 Å². The van der Waals surface area contributed by atoms with Gasteiger partial charge >= 0.3 is 0 Å². The zero-order valence-electron chi connectivity index (χ0n) is 15.1. The average Bonchev–Trinajstić information content (AvgIpc) is 3.29. The highest BCUT2D eigenvalue weighted by Gasteiger charge is 2.41. The fraction of sp³-hybridized carbons (Fsp3) is 0.476. The topological polar surface area (TPSA) is 37.8 Å². The van der Waals surface area contributed by atoms with E-state index in [0.717, 1.165) is 37.0 Å². The van der Waals surface area contributed by atoms with Gasteiger partial charge in [0, 0.05) is 37.8 Å². The molecule has 0 radical (unpaired) electrons. The van der Waals surface area contributed by atoms with Crippen molar-refractivity contribution in [2.75, 3.05) is 37.9 Å². The van der Waals surface area contributed by atoms with Gasteiger partial charge in [-0.05, 0) is 55.6 Å². The number of anilines is 1. The van der Waals surface area contributed by atoms with Crippen molar-refractivity contribution in [3.05, 3.63) is 48.2 Å². The molecule has 2 saturated heterocycles. The van der Waals surface area contributed by atoms with E-state index in [0.29, 0.717) is 12.2 Å². The minimum atomic E-state index is 0.342. The first-order valence-corrected chi connectivity index (χ1v) is 9.57. The van der Waals surface area contributed by atoms with Gasteiger partial charge in [0.1, 0.15) is 5.82 Å². The zero-order valence-corrected chi connectivity index (χ0v) is 15.1. The number of fused-ring (bicyclic) bond motifs is 1. The monoisotopic (exact) mass is 351 g/mol. The maximum Gasteiger partial charge on any atom is 0.231 e. The van der Waals surface area contributed by atoms with E-state index >= 15 is 0 Å². The predicted molar refractivity (Wildman–Crippen MR) is 101 cm³/mol. The molecule has 2 fully saturated rings. The molecule has 5 nitrogen and oxygen atoms in total. The lowest BCUT2D eigenvalue weighted by Crippen LogP contribution is -2.45. The Morgan fingerprint density at radius 3 is 2.88 bits per heavy atom. The molecule has 1 aromatic carbocycles. The molecule has 0 saturated carbocycles. The summed E-state index contributed by atoms with van der Waals surface area (Å²) in [5, 5.41) is 0. The van der Waals surface area contributed by atoms with Gasteiger partial charge in [0.15, 0.2) is 11.5 Å². The lowest BCUT2D eigenvalue weighted by atomic mass is 9.79. The summed E-state index contributed by atoms with van der Waals surface area (Å²) in [5.74, 6) is 2.88. The molecule has 136 valence electrons. The molecular weight excluding hydrogens is 326 g/mol. The van der Waals surface area contributed by atoms with Crippen LogP contribution >= 0.6 is 0 Å². The molecule has 4 heterocycles. The van der Waals surface area contributed by atoms with Crippen molar-refractivity contribution < 1.29 is 9.47 Å². The largest absolute Gasteiger partial charge is 0.454 e. The maximum absolute atomic E-state index is 5.52. The van der Waals surface area contributed by atoms with Crippen molar-refractivity contribution in [2.45, 2.75) is 25.8 Å².